The largest absolute Gasteiger partial charge is 0.484 e. The van der Waals surface area contributed by atoms with Crippen molar-refractivity contribution in [2.75, 3.05) is 19.8 Å². The van der Waals surface area contributed by atoms with Crippen LogP contribution in [0.2, 0.25) is 5.02 Å². The molecule has 1 aliphatic heterocycles. The minimum atomic E-state index is -0.497. The molecule has 1 heterocycles. The monoisotopic (exact) mass is 394 g/mol. The number of ether oxygens (including phenoxy) is 2. The molecule has 146 valence electrons. The number of halogens is 1. The van der Waals surface area contributed by atoms with E-state index in [1.807, 2.05) is 0 Å². The fourth-order valence-electron chi connectivity index (χ4n) is 2.70. The summed E-state index contributed by atoms with van der Waals surface area (Å²) in [7, 11) is 0. The molecule has 0 radical (unpaired) electrons. The van der Waals surface area contributed by atoms with E-state index in [9.17, 15) is 14.4 Å². The zero-order chi connectivity index (χ0) is 19.6. The maximum Gasteiger partial charge on any atom is 0.330 e. The summed E-state index contributed by atoms with van der Waals surface area (Å²) in [6, 6.07) is 6.24. The van der Waals surface area contributed by atoms with Gasteiger partial charge < -0.3 is 20.1 Å². The van der Waals surface area contributed by atoms with Gasteiger partial charge >= 0.3 is 5.97 Å². The van der Waals surface area contributed by atoms with Crippen molar-refractivity contribution in [2.45, 2.75) is 25.8 Å². The van der Waals surface area contributed by atoms with Crippen molar-refractivity contribution < 1.29 is 23.9 Å². The standard InChI is InChI=1S/C19H23ClN2O5/c1-2-26-18(24)7-6-15(10-13-8-9-21-19(13)25)22-17(23)12-27-16-5-3-4-14(20)11-16/h3-7,11,13,15H,2,8-10,12H2,1H3,(H,21,25)(H,22,23)/b7-6+/t13-,15+/m0/s1. The Labute approximate surface area is 163 Å². The van der Waals surface area contributed by atoms with Crippen LogP contribution >= 0.6 is 11.6 Å². The van der Waals surface area contributed by atoms with E-state index in [0.717, 1.165) is 0 Å². The van der Waals surface area contributed by atoms with Crippen LogP contribution in [0.1, 0.15) is 19.8 Å². The number of nitrogens with one attached hydrogen (secondary N) is 2. The molecule has 1 aliphatic rings. The average molecular weight is 395 g/mol. The van der Waals surface area contributed by atoms with Crippen LogP contribution in [0.25, 0.3) is 0 Å². The van der Waals surface area contributed by atoms with Gasteiger partial charge in [-0.2, -0.15) is 0 Å². The van der Waals surface area contributed by atoms with E-state index in [-0.39, 0.29) is 30.9 Å². The van der Waals surface area contributed by atoms with Gasteiger partial charge in [0, 0.05) is 29.6 Å². The predicted octanol–water partition coefficient (Wildman–Crippen LogP) is 1.85. The van der Waals surface area contributed by atoms with Gasteiger partial charge in [0.2, 0.25) is 5.91 Å². The fourth-order valence-corrected chi connectivity index (χ4v) is 2.88. The van der Waals surface area contributed by atoms with Crippen LogP contribution in [0, 0.1) is 5.92 Å². The highest BCUT2D eigenvalue weighted by molar-refractivity contribution is 6.30. The second-order valence-electron chi connectivity index (χ2n) is 6.04. The smallest absolute Gasteiger partial charge is 0.330 e. The third-order valence-electron chi connectivity index (χ3n) is 3.96. The fraction of sp³-hybridized carbons (Fsp3) is 0.421. The Balaban J connectivity index is 1.93. The third kappa shape index (κ3) is 7.30. The predicted molar refractivity (Wildman–Crippen MR) is 100 cm³/mol. The lowest BCUT2D eigenvalue weighted by Crippen LogP contribution is -2.39. The van der Waals surface area contributed by atoms with Crippen molar-refractivity contribution in [3.63, 3.8) is 0 Å². The number of esters is 1. The molecule has 0 saturated carbocycles. The Morgan fingerprint density at radius 1 is 1.44 bits per heavy atom. The molecule has 1 aromatic carbocycles. The molecule has 1 saturated heterocycles. The molecule has 8 heteroatoms. The quantitative estimate of drug-likeness (QED) is 0.492. The summed E-state index contributed by atoms with van der Waals surface area (Å²) in [6.45, 7) is 2.38. The molecule has 0 unspecified atom stereocenters. The molecule has 0 spiro atoms. The van der Waals surface area contributed by atoms with Crippen molar-refractivity contribution in [2.24, 2.45) is 5.92 Å². The SMILES string of the molecule is CCOC(=O)/C=C/[C@H](C[C@@H]1CCNC1=O)NC(=O)COc1cccc(Cl)c1. The molecule has 1 fully saturated rings. The maximum atomic E-state index is 12.2. The van der Waals surface area contributed by atoms with E-state index < -0.39 is 12.0 Å². The molecule has 2 N–H and O–H groups in total. The Bertz CT molecular complexity index is 707. The number of benzene rings is 1. The number of carbonyl (C=O) groups excluding carboxylic acids is 3. The Hall–Kier alpha value is -2.54. The molecular formula is C19H23ClN2O5. The first-order valence-electron chi connectivity index (χ1n) is 8.78. The summed E-state index contributed by atoms with van der Waals surface area (Å²) < 4.78 is 10.3. The molecule has 0 aliphatic carbocycles. The minimum Gasteiger partial charge on any atom is -0.484 e. The van der Waals surface area contributed by atoms with Crippen LogP contribution in [0.15, 0.2) is 36.4 Å². The van der Waals surface area contributed by atoms with E-state index in [1.54, 1.807) is 37.3 Å². The zero-order valence-corrected chi connectivity index (χ0v) is 15.8. The van der Waals surface area contributed by atoms with Crippen LogP contribution in [0.4, 0.5) is 0 Å². The molecule has 27 heavy (non-hydrogen) atoms. The zero-order valence-electron chi connectivity index (χ0n) is 15.1. The Kier molecular flexibility index (Phi) is 8.13. The normalized spacial score (nSPS) is 17.4. The van der Waals surface area contributed by atoms with Gasteiger partial charge in [-0.1, -0.05) is 23.7 Å². The van der Waals surface area contributed by atoms with E-state index in [1.165, 1.54) is 6.08 Å². The number of rotatable bonds is 9. The van der Waals surface area contributed by atoms with Crippen LogP contribution in [-0.4, -0.2) is 43.6 Å². The summed E-state index contributed by atoms with van der Waals surface area (Å²) in [6.07, 6.45) is 3.89. The Morgan fingerprint density at radius 3 is 2.93 bits per heavy atom. The first-order valence-corrected chi connectivity index (χ1v) is 9.16. The van der Waals surface area contributed by atoms with Gasteiger partial charge in [0.1, 0.15) is 5.75 Å². The average Bonchev–Trinajstić information content (AvgIpc) is 3.03. The lowest BCUT2D eigenvalue weighted by molar-refractivity contribution is -0.137. The Morgan fingerprint density at radius 2 is 2.26 bits per heavy atom. The van der Waals surface area contributed by atoms with Gasteiger partial charge in [-0.25, -0.2) is 4.79 Å². The summed E-state index contributed by atoms with van der Waals surface area (Å²) in [5, 5.41) is 6.05. The van der Waals surface area contributed by atoms with Gasteiger partial charge in [0.05, 0.1) is 6.61 Å². The minimum absolute atomic E-state index is 0.0473. The van der Waals surface area contributed by atoms with Crippen molar-refractivity contribution >= 4 is 29.4 Å². The number of hydrogen-bond acceptors (Lipinski definition) is 5. The summed E-state index contributed by atoms with van der Waals surface area (Å²) in [5.41, 5.74) is 0. The van der Waals surface area contributed by atoms with Crippen molar-refractivity contribution in [3.8, 4) is 5.75 Å². The van der Waals surface area contributed by atoms with Gasteiger partial charge in [-0.15, -0.1) is 0 Å². The number of amides is 2. The second kappa shape index (κ2) is 10.6. The topological polar surface area (TPSA) is 93.7 Å². The van der Waals surface area contributed by atoms with Crippen molar-refractivity contribution in [3.05, 3.63) is 41.4 Å². The van der Waals surface area contributed by atoms with Gasteiger partial charge in [-0.05, 0) is 38.0 Å². The molecular weight excluding hydrogens is 372 g/mol. The van der Waals surface area contributed by atoms with E-state index >= 15 is 0 Å². The number of hydrogen-bond donors (Lipinski definition) is 2. The van der Waals surface area contributed by atoms with Crippen LogP contribution in [-0.2, 0) is 19.1 Å². The molecule has 7 nitrogen and oxygen atoms in total. The number of carbonyl (C=O) groups is 3. The van der Waals surface area contributed by atoms with Gasteiger partial charge in [-0.3, -0.25) is 9.59 Å². The highest BCUT2D eigenvalue weighted by Crippen LogP contribution is 2.18. The first-order chi connectivity index (χ1) is 13.0. The van der Waals surface area contributed by atoms with Crippen LogP contribution < -0.4 is 15.4 Å². The molecule has 2 atom stereocenters. The van der Waals surface area contributed by atoms with Crippen LogP contribution in [0.3, 0.4) is 0 Å². The van der Waals surface area contributed by atoms with Crippen molar-refractivity contribution in [1.29, 1.82) is 0 Å². The summed E-state index contributed by atoms with van der Waals surface area (Å²) in [4.78, 5) is 35.6. The molecule has 2 rings (SSSR count). The lowest BCUT2D eigenvalue weighted by Gasteiger charge is -2.18. The highest BCUT2D eigenvalue weighted by atomic mass is 35.5. The molecule has 0 bridgehead atoms. The van der Waals surface area contributed by atoms with Crippen molar-refractivity contribution in [1.82, 2.24) is 10.6 Å². The maximum absolute atomic E-state index is 12.2. The lowest BCUT2D eigenvalue weighted by atomic mass is 9.98. The first kappa shape index (κ1) is 20.8. The van der Waals surface area contributed by atoms with E-state index in [0.29, 0.717) is 30.2 Å². The van der Waals surface area contributed by atoms with Gasteiger partial charge in [0.15, 0.2) is 6.61 Å². The third-order valence-corrected chi connectivity index (χ3v) is 4.20. The van der Waals surface area contributed by atoms with E-state index in [4.69, 9.17) is 21.1 Å². The van der Waals surface area contributed by atoms with E-state index in [2.05, 4.69) is 10.6 Å². The summed E-state index contributed by atoms with van der Waals surface area (Å²) >= 11 is 5.88. The summed E-state index contributed by atoms with van der Waals surface area (Å²) in [5.74, 6) is -0.647. The molecule has 0 aromatic heterocycles. The highest BCUT2D eigenvalue weighted by Gasteiger charge is 2.27. The molecule has 2 amide bonds. The second-order valence-corrected chi connectivity index (χ2v) is 6.48. The van der Waals surface area contributed by atoms with Crippen LogP contribution in [0.5, 0.6) is 5.75 Å². The molecule has 1 aromatic rings. The van der Waals surface area contributed by atoms with Gasteiger partial charge in [0.25, 0.3) is 5.91 Å².